The molecule has 2 aromatic carbocycles. The number of carboxylic acids is 1. The Morgan fingerprint density at radius 1 is 1.12 bits per heavy atom. The zero-order valence-electron chi connectivity index (χ0n) is 23.1. The molecule has 6 rings (SSSR count). The second kappa shape index (κ2) is 12.2. The molecule has 1 aliphatic carbocycles. The largest absolute Gasteiger partial charge is 1.00 e. The van der Waals surface area contributed by atoms with Gasteiger partial charge in [-0.05, 0) is 30.7 Å². The predicted molar refractivity (Wildman–Crippen MR) is 134 cm³/mol. The van der Waals surface area contributed by atoms with Gasteiger partial charge in [-0.3, -0.25) is 9.59 Å². The summed E-state index contributed by atoms with van der Waals surface area (Å²) in [6.07, 6.45) is 1.14. The van der Waals surface area contributed by atoms with Gasteiger partial charge in [0.05, 0.1) is 6.42 Å². The van der Waals surface area contributed by atoms with E-state index < -0.39 is 59.1 Å². The predicted octanol–water partition coefficient (Wildman–Crippen LogP) is -7.04. The Morgan fingerprint density at radius 3 is 2.43 bits per heavy atom. The number of fused-ring (bicyclic) bond motifs is 7. The fourth-order valence-electron chi connectivity index (χ4n) is 6.13. The molecule has 0 aromatic heterocycles. The number of carbonyl (C=O) groups excluding carboxylic acids is 1. The Morgan fingerprint density at radius 2 is 1.81 bits per heavy atom. The van der Waals surface area contributed by atoms with E-state index in [1.165, 1.54) is 6.08 Å². The minimum Gasteiger partial charge on any atom is -0.744 e. The van der Waals surface area contributed by atoms with Crippen LogP contribution >= 0.6 is 0 Å². The number of carboxylic acid groups (broad SMARTS) is 1. The molecule has 2 unspecified atom stereocenters. The molecule has 202 valence electrons. The summed E-state index contributed by atoms with van der Waals surface area (Å²) in [5.41, 5.74) is 1.15. The molecule has 0 fully saturated rings. The van der Waals surface area contributed by atoms with Crippen molar-refractivity contribution in [1.29, 1.82) is 0 Å². The first-order valence-corrected chi connectivity index (χ1v) is 14.5. The zero-order valence-corrected chi connectivity index (χ0v) is 30.8. The Balaban J connectivity index is 0.00000161. The number of allylic oxidation sites excluding steroid dienone is 4. The number of Topliss-reactive ketones (excluding diaryl/α,β-unsaturated/α-hetero) is 1. The molecule has 0 saturated carbocycles. The molecule has 1 N–H and O–H groups in total. The topological polar surface area (TPSA) is 181 Å². The number of carbonyl (C=O) groups is 2. The van der Waals surface area contributed by atoms with Crippen molar-refractivity contribution >= 4 is 48.4 Å². The van der Waals surface area contributed by atoms with Gasteiger partial charge in [0.2, 0.25) is 5.78 Å². The van der Waals surface area contributed by atoms with E-state index in [2.05, 4.69) is 6.07 Å². The van der Waals surface area contributed by atoms with E-state index in [0.29, 0.717) is 23.9 Å². The molecule has 0 spiro atoms. The van der Waals surface area contributed by atoms with Crippen molar-refractivity contribution in [2.45, 2.75) is 31.3 Å². The minimum absolute atomic E-state index is 0. The Hall–Kier alpha value is -0.780. The Bertz CT molecular complexity index is 1900. The van der Waals surface area contributed by atoms with E-state index in [1.54, 1.807) is 19.1 Å². The molecular weight excluding hydrogens is 619 g/mol. The monoisotopic (exact) mass is 637 g/mol. The van der Waals surface area contributed by atoms with Crippen LogP contribution in [0, 0.1) is 6.07 Å². The van der Waals surface area contributed by atoms with E-state index in [9.17, 15) is 40.6 Å². The van der Waals surface area contributed by atoms with Gasteiger partial charge < -0.3 is 23.8 Å². The smallest absolute Gasteiger partial charge is 0.744 e. The van der Waals surface area contributed by atoms with Crippen LogP contribution in [0.1, 0.15) is 25.3 Å². The number of aliphatic carboxylic acids is 1. The zero-order chi connectivity index (χ0) is 28.1. The fraction of sp³-hybridized carbons (Fsp3) is 0.231. The summed E-state index contributed by atoms with van der Waals surface area (Å²) >= 11 is 0. The summed E-state index contributed by atoms with van der Waals surface area (Å²) in [4.78, 5) is 23.9. The molecular formula is C26H18NNa3O10S2. The van der Waals surface area contributed by atoms with Gasteiger partial charge in [0.15, 0.2) is 0 Å². The average Bonchev–Trinajstić information content (AvgIpc) is 3.09. The van der Waals surface area contributed by atoms with Crippen LogP contribution in [0.3, 0.4) is 0 Å². The summed E-state index contributed by atoms with van der Waals surface area (Å²) in [5.74, 6) is -3.44. The minimum atomic E-state index is -5.54. The van der Waals surface area contributed by atoms with Gasteiger partial charge in [0.1, 0.15) is 41.9 Å². The number of rotatable bonds is 4. The summed E-state index contributed by atoms with van der Waals surface area (Å²) in [5, 5.41) is 11.6. The van der Waals surface area contributed by atoms with E-state index in [-0.39, 0.29) is 107 Å². The van der Waals surface area contributed by atoms with Crippen LogP contribution in [0.25, 0.3) is 10.8 Å². The second-order valence-corrected chi connectivity index (χ2v) is 12.5. The van der Waals surface area contributed by atoms with E-state index in [0.717, 1.165) is 22.0 Å². The van der Waals surface area contributed by atoms with Crippen molar-refractivity contribution in [2.75, 3.05) is 11.4 Å². The first-order chi connectivity index (χ1) is 18.2. The van der Waals surface area contributed by atoms with Crippen LogP contribution in [-0.4, -0.2) is 55.4 Å². The molecule has 11 nitrogen and oxygen atoms in total. The van der Waals surface area contributed by atoms with Gasteiger partial charge in [-0.15, -0.1) is 16.8 Å². The van der Waals surface area contributed by atoms with Crippen molar-refractivity contribution < 1.29 is 134 Å². The molecule has 0 saturated heterocycles. The van der Waals surface area contributed by atoms with Crippen molar-refractivity contribution in [3.05, 3.63) is 86.5 Å². The van der Waals surface area contributed by atoms with Crippen LogP contribution in [0.2, 0.25) is 0 Å². The third kappa shape index (κ3) is 5.59. The summed E-state index contributed by atoms with van der Waals surface area (Å²) < 4.78 is 77.3. The van der Waals surface area contributed by atoms with Gasteiger partial charge in [0.25, 0.3) is 0 Å². The second-order valence-electron chi connectivity index (χ2n) is 9.86. The fourth-order valence-corrected chi connectivity index (χ4v) is 7.52. The third-order valence-electron chi connectivity index (χ3n) is 7.49. The SMILES string of the molecule is CC1(CC(=O)O)C2=C3C=C4C=C(S(=O)(=O)[O-])C(=O)C(S(=O)(=O)[O-])=C4OC3CCN2c2ccc3c[c-]ccc3c21.[Na+].[Na+].[Na+]. The molecule has 4 aliphatic rings. The number of hydrogen-bond donors (Lipinski definition) is 1. The first-order valence-electron chi connectivity index (χ1n) is 11.7. The normalized spacial score (nSPS) is 22.7. The van der Waals surface area contributed by atoms with Crippen LogP contribution < -0.4 is 93.6 Å². The number of hydrogen-bond acceptors (Lipinski definition) is 10. The molecule has 0 amide bonds. The number of ketones is 1. The standard InChI is InChI=1S/C26H20NO10S2.3Na/c1-26(12-20(28)29)21-15-5-3-2-4-13(15)6-7-17(21)27-9-8-18-16(25(26)27)10-14-11-19(38(31,32)33)22(30)24(23(14)37-18)39(34,35)36;;;/h3-7,10-11,18H,8-9,12H2,1H3,(H,28,29)(H,31,32,33)(H,34,35,36);;;/q-1;3*+1/p-2. The molecule has 3 aliphatic heterocycles. The number of nitrogens with zero attached hydrogens (tertiary/aromatic N) is 1. The van der Waals surface area contributed by atoms with Gasteiger partial charge in [0, 0.05) is 40.9 Å². The van der Waals surface area contributed by atoms with E-state index in [1.807, 2.05) is 23.1 Å². The number of ether oxygens (including phenoxy) is 1. The van der Waals surface area contributed by atoms with Gasteiger partial charge in [-0.25, -0.2) is 16.8 Å². The van der Waals surface area contributed by atoms with Crippen molar-refractivity contribution in [3.8, 4) is 0 Å². The summed E-state index contributed by atoms with van der Waals surface area (Å²) in [7, 11) is -11.0. The maximum absolute atomic E-state index is 12.6. The quantitative estimate of drug-likeness (QED) is 0.191. The number of anilines is 1. The molecule has 42 heavy (non-hydrogen) atoms. The van der Waals surface area contributed by atoms with E-state index >= 15 is 0 Å². The molecule has 3 heterocycles. The molecule has 0 radical (unpaired) electrons. The summed E-state index contributed by atoms with van der Waals surface area (Å²) in [6, 6.07) is 12.1. The van der Waals surface area contributed by atoms with Gasteiger partial charge >= 0.3 is 94.6 Å². The Labute approximate surface area is 308 Å². The van der Waals surface area contributed by atoms with Crippen LogP contribution in [0.4, 0.5) is 5.69 Å². The van der Waals surface area contributed by atoms with Gasteiger partial charge in [-0.1, -0.05) is 0 Å². The van der Waals surface area contributed by atoms with Crippen LogP contribution in [-0.2, 0) is 40.0 Å². The van der Waals surface area contributed by atoms with Gasteiger partial charge in [-0.2, -0.15) is 24.3 Å². The molecule has 16 heteroatoms. The maximum Gasteiger partial charge on any atom is 1.00 e. The van der Waals surface area contributed by atoms with E-state index in [4.69, 9.17) is 4.74 Å². The average molecular weight is 638 g/mol. The maximum atomic E-state index is 12.6. The molecule has 0 bridgehead atoms. The van der Waals surface area contributed by atoms with Crippen molar-refractivity contribution in [3.63, 3.8) is 0 Å². The van der Waals surface area contributed by atoms with Crippen LogP contribution in [0.5, 0.6) is 0 Å². The van der Waals surface area contributed by atoms with Crippen molar-refractivity contribution in [1.82, 2.24) is 0 Å². The Kier molecular flexibility index (Phi) is 10.4. The number of benzene rings is 2. The summed E-state index contributed by atoms with van der Waals surface area (Å²) in [6.45, 7) is 2.11. The molecule has 2 aromatic rings. The van der Waals surface area contributed by atoms with Crippen LogP contribution in [0.15, 0.2) is 74.9 Å². The van der Waals surface area contributed by atoms with Crippen molar-refractivity contribution in [2.24, 2.45) is 0 Å². The first kappa shape index (κ1) is 35.7. The third-order valence-corrected chi connectivity index (χ3v) is 9.21. The molecule has 2 atom stereocenters.